The van der Waals surface area contributed by atoms with Crippen molar-refractivity contribution in [3.05, 3.63) is 150 Å². The van der Waals surface area contributed by atoms with E-state index in [1.54, 1.807) is 59.9 Å². The van der Waals surface area contributed by atoms with E-state index in [1.807, 2.05) is 12.1 Å². The molecule has 0 aliphatic carbocycles. The monoisotopic (exact) mass is 651 g/mol. The quantitative estimate of drug-likeness (QED) is 0.104. The molecule has 0 fully saturated rings. The fourth-order valence-corrected chi connectivity index (χ4v) is 5.28. The Morgan fingerprint density at radius 2 is 1.60 bits per heavy atom. The number of carbonyl (C=O) groups is 1. The summed E-state index contributed by atoms with van der Waals surface area (Å²) in [6.07, 6.45) is -0.668. The molecule has 0 saturated heterocycles. The fraction of sp³-hybridized carbons (Fsp3) is 0.200. The third-order valence-corrected chi connectivity index (χ3v) is 7.68. The number of pyridine rings is 1. The Kier molecular flexibility index (Phi) is 10.1. The second-order valence-corrected chi connectivity index (χ2v) is 10.9. The van der Waals surface area contributed by atoms with Crippen LogP contribution in [-0.4, -0.2) is 23.6 Å². The summed E-state index contributed by atoms with van der Waals surface area (Å²) in [5.74, 6) is -1.19. The fourth-order valence-electron chi connectivity index (χ4n) is 5.28. The number of alkyl halides is 6. The molecule has 12 heteroatoms. The van der Waals surface area contributed by atoms with Crippen LogP contribution < -0.4 is 21.1 Å². The number of nitrogens with zero attached hydrogens (tertiary/aromatic N) is 3. The molecule has 4 aromatic rings. The maximum atomic E-state index is 13.8. The van der Waals surface area contributed by atoms with Crippen molar-refractivity contribution in [2.45, 2.75) is 31.4 Å². The molecule has 1 aromatic heterocycles. The minimum absolute atomic E-state index is 0.0751. The van der Waals surface area contributed by atoms with Crippen LogP contribution in [0.5, 0.6) is 0 Å². The first-order valence-corrected chi connectivity index (χ1v) is 14.7. The number of aromatic nitrogens is 1. The van der Waals surface area contributed by atoms with Crippen molar-refractivity contribution in [3.8, 4) is 0 Å². The zero-order valence-electron chi connectivity index (χ0n) is 24.9. The lowest BCUT2D eigenvalue weighted by molar-refractivity contribution is -0.138. The lowest BCUT2D eigenvalue weighted by Gasteiger charge is -2.34. The maximum absolute atomic E-state index is 13.8. The highest BCUT2D eigenvalue weighted by Crippen LogP contribution is 2.34. The smallest absolute Gasteiger partial charge is 0.344 e. The average molecular weight is 652 g/mol. The molecule has 1 aliphatic heterocycles. The van der Waals surface area contributed by atoms with Gasteiger partial charge in [0.05, 0.1) is 23.0 Å². The molecule has 0 saturated carbocycles. The van der Waals surface area contributed by atoms with Crippen molar-refractivity contribution in [3.63, 3.8) is 0 Å². The number of benzene rings is 3. The number of hydrogen-bond acceptors (Lipinski definition) is 5. The maximum Gasteiger partial charge on any atom is 0.416 e. The summed E-state index contributed by atoms with van der Waals surface area (Å²) in [5.41, 5.74) is 10.0. The molecule has 0 bridgehead atoms. The molecule has 1 amide bonds. The van der Waals surface area contributed by atoms with Gasteiger partial charge in [-0.05, 0) is 78.6 Å². The Morgan fingerprint density at radius 1 is 0.894 bits per heavy atom. The SMILES string of the molecule is NC(NN(C(=O)c1ccccc1)c1cccc(C(F)(F)F)c1)C(CCc1cccnc1)C1=CN(c2cccc(C(F)(F)F)c2)CC=C1. The highest BCUT2D eigenvalue weighted by Gasteiger charge is 2.33. The van der Waals surface area contributed by atoms with E-state index >= 15 is 0 Å². The lowest BCUT2D eigenvalue weighted by atomic mass is 9.89. The van der Waals surface area contributed by atoms with Crippen LogP contribution in [0.4, 0.5) is 37.7 Å². The topological polar surface area (TPSA) is 74.5 Å². The summed E-state index contributed by atoms with van der Waals surface area (Å²) in [7, 11) is 0. The van der Waals surface area contributed by atoms with Gasteiger partial charge in [-0.25, -0.2) is 10.4 Å². The molecule has 2 atom stereocenters. The summed E-state index contributed by atoms with van der Waals surface area (Å²) in [6.45, 7) is 0.297. The minimum Gasteiger partial charge on any atom is -0.344 e. The number of rotatable bonds is 10. The third kappa shape index (κ3) is 8.46. The molecule has 2 unspecified atom stereocenters. The number of aryl methyl sites for hydroxylation is 1. The van der Waals surface area contributed by atoms with E-state index in [-0.39, 0.29) is 11.3 Å². The van der Waals surface area contributed by atoms with Crippen molar-refractivity contribution in [1.29, 1.82) is 0 Å². The van der Waals surface area contributed by atoms with E-state index in [4.69, 9.17) is 5.73 Å². The highest BCUT2D eigenvalue weighted by atomic mass is 19.4. The van der Waals surface area contributed by atoms with Crippen LogP contribution in [0.25, 0.3) is 0 Å². The summed E-state index contributed by atoms with van der Waals surface area (Å²) >= 11 is 0. The lowest BCUT2D eigenvalue weighted by Crippen LogP contribution is -2.56. The Morgan fingerprint density at radius 3 is 2.28 bits per heavy atom. The number of allylic oxidation sites excluding steroid dienone is 1. The van der Waals surface area contributed by atoms with Crippen molar-refractivity contribution < 1.29 is 31.1 Å². The van der Waals surface area contributed by atoms with E-state index in [0.29, 0.717) is 30.6 Å². The zero-order valence-corrected chi connectivity index (χ0v) is 24.9. The van der Waals surface area contributed by atoms with E-state index in [0.717, 1.165) is 34.8 Å². The Hall–Kier alpha value is -4.94. The van der Waals surface area contributed by atoms with Crippen LogP contribution in [0.3, 0.4) is 0 Å². The van der Waals surface area contributed by atoms with Gasteiger partial charge >= 0.3 is 12.4 Å². The van der Waals surface area contributed by atoms with Crippen molar-refractivity contribution >= 4 is 17.3 Å². The number of anilines is 2. The second kappa shape index (κ2) is 14.2. The van der Waals surface area contributed by atoms with Crippen molar-refractivity contribution in [1.82, 2.24) is 10.4 Å². The number of hydrogen-bond donors (Lipinski definition) is 2. The van der Waals surface area contributed by atoms with Crippen LogP contribution in [0.15, 0.2) is 127 Å². The van der Waals surface area contributed by atoms with Gasteiger partial charge in [-0.1, -0.05) is 48.6 Å². The van der Waals surface area contributed by atoms with E-state index in [9.17, 15) is 31.1 Å². The number of nitrogens with two attached hydrogens (primary N) is 1. The summed E-state index contributed by atoms with van der Waals surface area (Å²) in [4.78, 5) is 19.6. The standard InChI is InChI=1S/C35H31F6N5O/c36-34(37,38)27-12-4-14-29(20-27)45-19-7-11-26(23-45)31(17-16-24-8-6-18-43-22-24)32(42)44-46(33(47)25-9-2-1-3-10-25)30-15-5-13-28(21-30)35(39,40)41/h1-15,18,20-23,31-32,44H,16-17,19,42H2. The van der Waals surface area contributed by atoms with E-state index in [2.05, 4.69) is 10.4 Å². The van der Waals surface area contributed by atoms with Crippen molar-refractivity contribution in [2.75, 3.05) is 16.5 Å². The third-order valence-electron chi connectivity index (χ3n) is 7.68. The molecule has 6 nitrogen and oxygen atoms in total. The van der Waals surface area contributed by atoms with Gasteiger partial charge in [0.25, 0.3) is 5.91 Å². The number of amides is 1. The Labute approximate surface area is 267 Å². The van der Waals surface area contributed by atoms with E-state index < -0.39 is 41.5 Å². The second-order valence-electron chi connectivity index (χ2n) is 10.9. The zero-order chi connectivity index (χ0) is 33.6. The summed E-state index contributed by atoms with van der Waals surface area (Å²) < 4.78 is 81.5. The van der Waals surface area contributed by atoms with Gasteiger partial charge in [-0.15, -0.1) is 0 Å². The number of carbonyl (C=O) groups excluding carboxylic acids is 1. The molecular weight excluding hydrogens is 620 g/mol. The molecule has 0 spiro atoms. The van der Waals surface area contributed by atoms with Gasteiger partial charge in [0.2, 0.25) is 0 Å². The van der Waals surface area contributed by atoms with Crippen LogP contribution in [0, 0.1) is 5.92 Å². The van der Waals surface area contributed by atoms with Crippen LogP contribution >= 0.6 is 0 Å². The van der Waals surface area contributed by atoms with Gasteiger partial charge in [-0.3, -0.25) is 9.78 Å². The highest BCUT2D eigenvalue weighted by molar-refractivity contribution is 6.05. The van der Waals surface area contributed by atoms with Gasteiger partial charge in [-0.2, -0.15) is 26.3 Å². The number of halogens is 6. The molecule has 1 aliphatic rings. The molecule has 5 rings (SSSR count). The molecule has 0 radical (unpaired) electrons. The predicted molar refractivity (Wildman–Crippen MR) is 168 cm³/mol. The number of hydrazine groups is 1. The minimum atomic E-state index is -4.66. The van der Waals surface area contributed by atoms with Gasteiger partial charge in [0.15, 0.2) is 0 Å². The molecule has 47 heavy (non-hydrogen) atoms. The van der Waals surface area contributed by atoms with Gasteiger partial charge in [0.1, 0.15) is 0 Å². The first-order chi connectivity index (χ1) is 22.4. The van der Waals surface area contributed by atoms with Crippen LogP contribution in [0.2, 0.25) is 0 Å². The first-order valence-electron chi connectivity index (χ1n) is 14.7. The normalized spacial score (nSPS) is 14.8. The van der Waals surface area contributed by atoms with Gasteiger partial charge < -0.3 is 10.6 Å². The largest absolute Gasteiger partial charge is 0.416 e. The number of nitrogens with one attached hydrogen (secondary N) is 1. The molecule has 3 aromatic carbocycles. The average Bonchev–Trinajstić information content (AvgIpc) is 3.07. The van der Waals surface area contributed by atoms with Crippen LogP contribution in [-0.2, 0) is 18.8 Å². The van der Waals surface area contributed by atoms with Gasteiger partial charge in [0, 0.05) is 42.3 Å². The Balaban J connectivity index is 1.51. The summed E-state index contributed by atoms with van der Waals surface area (Å²) in [5, 5.41) is 1.00. The van der Waals surface area contributed by atoms with E-state index in [1.165, 1.54) is 30.3 Å². The van der Waals surface area contributed by atoms with Crippen LogP contribution in [0.1, 0.15) is 33.5 Å². The van der Waals surface area contributed by atoms with Crippen molar-refractivity contribution in [2.24, 2.45) is 11.7 Å². The molecule has 244 valence electrons. The molecule has 2 heterocycles. The molecular formula is C35H31F6N5O. The predicted octanol–water partition coefficient (Wildman–Crippen LogP) is 7.76. The first kappa shape index (κ1) is 33.4. The molecule has 3 N–H and O–H groups in total. The summed E-state index contributed by atoms with van der Waals surface area (Å²) in [6, 6.07) is 21.0. The Bertz CT molecular complexity index is 1720.